The van der Waals surface area contributed by atoms with Crippen LogP contribution in [0, 0.1) is 6.08 Å². The number of fused-ring (bicyclic) bond motifs is 1. The van der Waals surface area contributed by atoms with E-state index in [4.69, 9.17) is 0 Å². The van der Waals surface area contributed by atoms with Crippen molar-refractivity contribution >= 4 is 11.8 Å². The fourth-order valence-corrected chi connectivity index (χ4v) is 1.80. The van der Waals surface area contributed by atoms with Gasteiger partial charge in [0.15, 0.2) is 0 Å². The number of thioether (sulfide) groups is 1. The minimum absolute atomic E-state index is 1.07. The highest BCUT2D eigenvalue weighted by Gasteiger charge is 2.12. The van der Waals surface area contributed by atoms with Crippen molar-refractivity contribution < 1.29 is 0 Å². The van der Waals surface area contributed by atoms with Gasteiger partial charge in [-0.25, -0.2) is 0 Å². The highest BCUT2D eigenvalue weighted by atomic mass is 32.2. The van der Waals surface area contributed by atoms with E-state index >= 15 is 0 Å². The van der Waals surface area contributed by atoms with Crippen LogP contribution in [-0.2, 0) is 0 Å². The van der Waals surface area contributed by atoms with Crippen molar-refractivity contribution in [1.29, 1.82) is 0 Å². The molecule has 1 aromatic rings. The molecule has 0 atom stereocenters. The van der Waals surface area contributed by atoms with Crippen LogP contribution in [0.4, 0.5) is 0 Å². The molecule has 10 heavy (non-hydrogen) atoms. The zero-order chi connectivity index (χ0) is 6.81. The zero-order valence-electron chi connectivity index (χ0n) is 5.50. The molecule has 0 radical (unpaired) electrons. The third-order valence-corrected chi connectivity index (χ3v) is 2.47. The first-order chi connectivity index (χ1) is 4.97. The van der Waals surface area contributed by atoms with Crippen molar-refractivity contribution in [1.82, 2.24) is 0 Å². The van der Waals surface area contributed by atoms with Gasteiger partial charge in [-0.3, -0.25) is 0 Å². The Morgan fingerprint density at radius 2 is 2.20 bits per heavy atom. The molecule has 0 nitrogen and oxygen atoms in total. The Hall–Kier alpha value is -0.780. The van der Waals surface area contributed by atoms with E-state index in [2.05, 4.69) is 30.4 Å². The number of hydrogen-bond acceptors (Lipinski definition) is 1. The molecule has 0 unspecified atom stereocenters. The van der Waals surface area contributed by atoms with E-state index in [1.165, 1.54) is 10.5 Å². The summed E-state index contributed by atoms with van der Waals surface area (Å²) in [5.74, 6) is 1.07. The summed E-state index contributed by atoms with van der Waals surface area (Å²) in [7, 11) is 0. The Morgan fingerprint density at radius 3 is 3.10 bits per heavy atom. The number of benzene rings is 1. The van der Waals surface area contributed by atoms with E-state index < -0.39 is 0 Å². The molecule has 1 heteroatoms. The van der Waals surface area contributed by atoms with Crippen LogP contribution in [0.15, 0.2) is 35.2 Å². The Bertz CT molecular complexity index is 263. The lowest BCUT2D eigenvalue weighted by atomic mass is 10.2. The van der Waals surface area contributed by atoms with Crippen molar-refractivity contribution in [2.24, 2.45) is 0 Å². The molecule has 1 aliphatic rings. The first-order valence-corrected chi connectivity index (χ1v) is 4.25. The molecule has 1 aromatic carbocycles. The van der Waals surface area contributed by atoms with E-state index in [1.807, 2.05) is 17.8 Å². The predicted octanol–water partition coefficient (Wildman–Crippen LogP) is 2.50. The van der Waals surface area contributed by atoms with Crippen molar-refractivity contribution in [2.75, 3.05) is 5.75 Å². The summed E-state index contributed by atoms with van der Waals surface area (Å²) in [6, 6.07) is 8.35. The predicted molar refractivity (Wildman–Crippen MR) is 44.1 cm³/mol. The third kappa shape index (κ3) is 0.942. The molecule has 1 aliphatic heterocycles. The summed E-state index contributed by atoms with van der Waals surface area (Å²) in [5.41, 5.74) is 1.23. The van der Waals surface area contributed by atoms with Crippen LogP contribution >= 0.6 is 11.8 Å². The van der Waals surface area contributed by atoms with E-state index in [-0.39, 0.29) is 0 Å². The van der Waals surface area contributed by atoms with Crippen molar-refractivity contribution in [3.63, 3.8) is 0 Å². The van der Waals surface area contributed by atoms with Crippen LogP contribution in [0.2, 0.25) is 0 Å². The van der Waals surface area contributed by atoms with Gasteiger partial charge < -0.3 is 0 Å². The Balaban J connectivity index is 2.54. The molecule has 0 aliphatic carbocycles. The number of hydrogen-bond donors (Lipinski definition) is 0. The quantitative estimate of drug-likeness (QED) is 0.508. The summed E-state index contributed by atoms with van der Waals surface area (Å²) in [6.45, 7) is 0. The van der Waals surface area contributed by atoms with Gasteiger partial charge in [-0.2, -0.15) is 0 Å². The van der Waals surface area contributed by atoms with Gasteiger partial charge in [-0.1, -0.05) is 0 Å². The highest BCUT2D eigenvalue weighted by Crippen LogP contribution is 2.25. The molecule has 1 heterocycles. The summed E-state index contributed by atoms with van der Waals surface area (Å²) >= 11 is 1.87. The van der Waals surface area contributed by atoms with Crippen LogP contribution in [0.5, 0.6) is 0 Å². The lowest BCUT2D eigenvalue weighted by Gasteiger charge is -1.96. The molecular formula is C9H7S+. The van der Waals surface area contributed by atoms with E-state index in [0.717, 1.165) is 5.75 Å². The summed E-state index contributed by atoms with van der Waals surface area (Å²) in [5, 5.41) is 0. The smallest absolute Gasteiger partial charge is 0.0488 e. The minimum Gasteiger partial charge on any atom is -0.0488 e. The molecule has 0 amide bonds. The minimum atomic E-state index is 1.07. The fraction of sp³-hybridized carbons (Fsp3) is 0.111. The van der Waals surface area contributed by atoms with Gasteiger partial charge in [-0.05, 0) is 23.9 Å². The first kappa shape index (κ1) is 5.96. The Labute approximate surface area is 65.0 Å². The van der Waals surface area contributed by atoms with Gasteiger partial charge in [0.1, 0.15) is 4.90 Å². The largest absolute Gasteiger partial charge is 0.202 e. The fourth-order valence-electron chi connectivity index (χ4n) is 0.995. The maximum Gasteiger partial charge on any atom is 0.202 e. The van der Waals surface area contributed by atoms with Gasteiger partial charge in [0.05, 0.1) is 11.8 Å². The molecule has 0 fully saturated rings. The SMILES string of the molecule is [C+]1=CCSc2ccccc21. The molecular weight excluding hydrogens is 140 g/mol. The summed E-state index contributed by atoms with van der Waals surface area (Å²) in [4.78, 5) is 1.35. The average molecular weight is 147 g/mol. The second-order valence-corrected chi connectivity index (χ2v) is 3.22. The second kappa shape index (κ2) is 2.45. The molecule has 0 saturated carbocycles. The van der Waals surface area contributed by atoms with Crippen molar-refractivity contribution in [2.45, 2.75) is 4.90 Å². The van der Waals surface area contributed by atoms with Gasteiger partial charge in [0, 0.05) is 18.2 Å². The topological polar surface area (TPSA) is 0 Å². The Morgan fingerprint density at radius 1 is 1.30 bits per heavy atom. The standard InChI is InChI=1S/C9H7S/c1-2-6-9-8(4-1)5-3-7-10-9/h1-4,6H,7H2/q+1. The maximum atomic E-state index is 3.22. The Kier molecular flexibility index (Phi) is 1.46. The van der Waals surface area contributed by atoms with Gasteiger partial charge >= 0.3 is 0 Å². The molecule has 2 rings (SSSR count). The molecule has 0 spiro atoms. The van der Waals surface area contributed by atoms with Crippen LogP contribution < -0.4 is 0 Å². The third-order valence-electron chi connectivity index (χ3n) is 1.47. The van der Waals surface area contributed by atoms with Gasteiger partial charge in [-0.15, -0.1) is 0 Å². The highest BCUT2D eigenvalue weighted by molar-refractivity contribution is 7.99. The molecule has 0 saturated heterocycles. The summed E-state index contributed by atoms with van der Waals surface area (Å²) < 4.78 is 0. The van der Waals surface area contributed by atoms with Crippen LogP contribution in [0.3, 0.4) is 0 Å². The summed E-state index contributed by atoms with van der Waals surface area (Å²) in [6.07, 6.45) is 5.29. The van der Waals surface area contributed by atoms with Crippen molar-refractivity contribution in [3.8, 4) is 0 Å². The van der Waals surface area contributed by atoms with Gasteiger partial charge in [0.25, 0.3) is 0 Å². The lowest BCUT2D eigenvalue weighted by molar-refractivity contribution is 1.34. The van der Waals surface area contributed by atoms with E-state index in [9.17, 15) is 0 Å². The zero-order valence-corrected chi connectivity index (χ0v) is 6.32. The van der Waals surface area contributed by atoms with Crippen LogP contribution in [0.1, 0.15) is 5.56 Å². The van der Waals surface area contributed by atoms with Crippen molar-refractivity contribution in [3.05, 3.63) is 42.0 Å². The molecule has 0 bridgehead atoms. The second-order valence-electron chi connectivity index (χ2n) is 2.16. The molecule has 0 aromatic heterocycles. The number of rotatable bonds is 0. The van der Waals surface area contributed by atoms with Crippen LogP contribution in [-0.4, -0.2) is 5.75 Å². The first-order valence-electron chi connectivity index (χ1n) is 3.27. The normalized spacial score (nSPS) is 14.0. The van der Waals surface area contributed by atoms with Gasteiger partial charge in [0.2, 0.25) is 5.56 Å². The molecule has 48 valence electrons. The van der Waals surface area contributed by atoms with Crippen LogP contribution in [0.25, 0.3) is 0 Å². The van der Waals surface area contributed by atoms with E-state index in [0.29, 0.717) is 0 Å². The average Bonchev–Trinajstić information content (AvgIpc) is 2.05. The molecule has 0 N–H and O–H groups in total. The monoisotopic (exact) mass is 147 g/mol. The lowest BCUT2D eigenvalue weighted by Crippen LogP contribution is -1.86. The maximum absolute atomic E-state index is 3.22. The van der Waals surface area contributed by atoms with E-state index in [1.54, 1.807) is 0 Å².